The second-order valence-electron chi connectivity index (χ2n) is 4.73. The molecule has 0 spiro atoms. The third-order valence-electron chi connectivity index (χ3n) is 3.35. The zero-order chi connectivity index (χ0) is 15.4. The molecular formula is C17H18N2O2. The third kappa shape index (κ3) is 2.82. The lowest BCUT2D eigenvalue weighted by atomic mass is 10.0. The predicted octanol–water partition coefficient (Wildman–Crippen LogP) is 3.19. The van der Waals surface area contributed by atoms with Crippen LogP contribution in [0.15, 0.2) is 35.5 Å². The molecule has 1 aromatic carbocycles. The van der Waals surface area contributed by atoms with Gasteiger partial charge < -0.3 is 9.64 Å². The number of hydrogen-bond acceptors (Lipinski definition) is 4. The highest BCUT2D eigenvalue weighted by Gasteiger charge is 2.23. The summed E-state index contributed by atoms with van der Waals surface area (Å²) < 4.78 is 4.97. The van der Waals surface area contributed by atoms with E-state index >= 15 is 0 Å². The number of ether oxygens (including phenoxy) is 1. The van der Waals surface area contributed by atoms with Gasteiger partial charge in [-0.15, -0.1) is 0 Å². The summed E-state index contributed by atoms with van der Waals surface area (Å²) in [7, 11) is 0. The molecule has 0 unspecified atom stereocenters. The Bertz CT molecular complexity index is 666. The maximum Gasteiger partial charge on any atom is 0.351 e. The van der Waals surface area contributed by atoms with Crippen molar-refractivity contribution in [3.05, 3.63) is 46.7 Å². The van der Waals surface area contributed by atoms with Crippen LogP contribution in [0, 0.1) is 18.3 Å². The molecule has 0 bridgehead atoms. The lowest BCUT2D eigenvalue weighted by Crippen LogP contribution is -2.27. The highest BCUT2D eigenvalue weighted by molar-refractivity contribution is 5.96. The van der Waals surface area contributed by atoms with Crippen LogP contribution in [-0.2, 0) is 9.53 Å². The minimum Gasteiger partial charge on any atom is -0.462 e. The summed E-state index contributed by atoms with van der Waals surface area (Å²) in [6, 6.07) is 8.09. The van der Waals surface area contributed by atoms with Crippen LogP contribution in [-0.4, -0.2) is 19.1 Å². The molecule has 0 atom stereocenters. The number of anilines is 1. The first kappa shape index (κ1) is 14.9. The van der Waals surface area contributed by atoms with Crippen molar-refractivity contribution < 1.29 is 9.53 Å². The van der Waals surface area contributed by atoms with Gasteiger partial charge in [-0.1, -0.05) is 17.7 Å². The molecule has 0 saturated carbocycles. The molecule has 0 aliphatic carbocycles. The fraction of sp³-hybridized carbons (Fsp3) is 0.294. The molecule has 0 amide bonds. The van der Waals surface area contributed by atoms with Crippen molar-refractivity contribution in [2.75, 3.05) is 18.1 Å². The molecule has 0 radical (unpaired) electrons. The average Bonchev–Trinajstić information content (AvgIpc) is 2.48. The summed E-state index contributed by atoms with van der Waals surface area (Å²) in [5, 5.41) is 9.31. The molecule has 0 fully saturated rings. The second kappa shape index (κ2) is 6.27. The van der Waals surface area contributed by atoms with Gasteiger partial charge in [0, 0.05) is 12.2 Å². The fourth-order valence-electron chi connectivity index (χ4n) is 2.41. The average molecular weight is 282 g/mol. The summed E-state index contributed by atoms with van der Waals surface area (Å²) in [5.41, 5.74) is 3.89. The first-order valence-electron chi connectivity index (χ1n) is 7.00. The molecule has 108 valence electrons. The van der Waals surface area contributed by atoms with E-state index in [0.717, 1.165) is 11.3 Å². The van der Waals surface area contributed by atoms with Crippen molar-refractivity contribution in [1.29, 1.82) is 5.26 Å². The van der Waals surface area contributed by atoms with Crippen LogP contribution >= 0.6 is 0 Å². The summed E-state index contributed by atoms with van der Waals surface area (Å²) in [6.45, 7) is 6.67. The number of nitrogens with zero attached hydrogens (tertiary/aromatic N) is 2. The number of carbonyl (C=O) groups excluding carboxylic acids is 1. The second-order valence-corrected chi connectivity index (χ2v) is 4.73. The molecule has 1 aliphatic rings. The van der Waals surface area contributed by atoms with Gasteiger partial charge in [0.25, 0.3) is 0 Å². The SMILES string of the molecule is CCOC(=O)/C(C#N)=C1/C=Cc2cc(C)ccc2N1CC. The molecule has 1 aromatic rings. The van der Waals surface area contributed by atoms with Gasteiger partial charge in [0.05, 0.1) is 12.3 Å². The van der Waals surface area contributed by atoms with Crippen molar-refractivity contribution in [2.24, 2.45) is 0 Å². The number of hydrogen-bond donors (Lipinski definition) is 0. The monoisotopic (exact) mass is 282 g/mol. The van der Waals surface area contributed by atoms with Crippen LogP contribution in [0.3, 0.4) is 0 Å². The number of esters is 1. The van der Waals surface area contributed by atoms with E-state index in [2.05, 4.69) is 6.07 Å². The number of carbonyl (C=O) groups is 1. The zero-order valence-electron chi connectivity index (χ0n) is 12.5. The highest BCUT2D eigenvalue weighted by Crippen LogP contribution is 2.32. The van der Waals surface area contributed by atoms with Gasteiger partial charge in [-0.2, -0.15) is 5.26 Å². The number of likely N-dealkylation sites (N-methyl/N-ethyl adjacent to an activating group) is 1. The summed E-state index contributed by atoms with van der Waals surface area (Å²) >= 11 is 0. The minimum absolute atomic E-state index is 0.0428. The van der Waals surface area contributed by atoms with E-state index in [9.17, 15) is 10.1 Å². The Labute approximate surface area is 124 Å². The molecule has 21 heavy (non-hydrogen) atoms. The topological polar surface area (TPSA) is 53.3 Å². The Morgan fingerprint density at radius 1 is 1.33 bits per heavy atom. The van der Waals surface area contributed by atoms with E-state index in [1.54, 1.807) is 13.0 Å². The third-order valence-corrected chi connectivity index (χ3v) is 3.35. The van der Waals surface area contributed by atoms with Crippen molar-refractivity contribution in [3.63, 3.8) is 0 Å². The van der Waals surface area contributed by atoms with Gasteiger partial charge in [0.15, 0.2) is 5.57 Å². The van der Waals surface area contributed by atoms with Gasteiger partial charge in [-0.05, 0) is 44.5 Å². The quantitative estimate of drug-likeness (QED) is 0.485. The van der Waals surface area contributed by atoms with Gasteiger partial charge >= 0.3 is 5.97 Å². The molecule has 0 saturated heterocycles. The molecular weight excluding hydrogens is 264 g/mol. The van der Waals surface area contributed by atoms with Crippen LogP contribution in [0.2, 0.25) is 0 Å². The lowest BCUT2D eigenvalue weighted by molar-refractivity contribution is -0.138. The first-order chi connectivity index (χ1) is 10.1. The normalized spacial score (nSPS) is 15.2. The molecule has 0 N–H and O–H groups in total. The number of fused-ring (bicyclic) bond motifs is 1. The van der Waals surface area contributed by atoms with E-state index in [1.165, 1.54) is 5.56 Å². The Morgan fingerprint density at radius 3 is 2.71 bits per heavy atom. The van der Waals surface area contributed by atoms with Crippen LogP contribution < -0.4 is 4.90 Å². The Kier molecular flexibility index (Phi) is 4.44. The van der Waals surface area contributed by atoms with Crippen molar-refractivity contribution >= 4 is 17.7 Å². The van der Waals surface area contributed by atoms with Gasteiger partial charge in [0.2, 0.25) is 0 Å². The molecule has 0 aromatic heterocycles. The predicted molar refractivity (Wildman–Crippen MR) is 82.5 cm³/mol. The van der Waals surface area contributed by atoms with Gasteiger partial charge in [0.1, 0.15) is 6.07 Å². The van der Waals surface area contributed by atoms with Crippen molar-refractivity contribution in [3.8, 4) is 6.07 Å². The number of allylic oxidation sites excluding steroid dienone is 1. The Morgan fingerprint density at radius 2 is 2.10 bits per heavy atom. The standard InChI is InChI=1S/C17H18N2O2/c1-4-19-15-8-6-12(3)10-13(15)7-9-16(19)14(11-18)17(20)21-5-2/h6-10H,4-5H2,1-3H3/b16-14-. The molecule has 4 heteroatoms. The summed E-state index contributed by atoms with van der Waals surface area (Å²) in [6.07, 6.45) is 3.74. The summed E-state index contributed by atoms with van der Waals surface area (Å²) in [4.78, 5) is 13.9. The first-order valence-corrected chi connectivity index (χ1v) is 7.00. The van der Waals surface area contributed by atoms with Gasteiger partial charge in [-0.3, -0.25) is 0 Å². The van der Waals surface area contributed by atoms with E-state index in [0.29, 0.717) is 12.2 Å². The van der Waals surface area contributed by atoms with E-state index in [1.807, 2.05) is 43.0 Å². The van der Waals surface area contributed by atoms with Crippen molar-refractivity contribution in [2.45, 2.75) is 20.8 Å². The Hall–Kier alpha value is -2.54. The summed E-state index contributed by atoms with van der Waals surface area (Å²) in [5.74, 6) is -0.575. The fourth-order valence-corrected chi connectivity index (χ4v) is 2.41. The van der Waals surface area contributed by atoms with Crippen LogP contribution in [0.5, 0.6) is 0 Å². The Balaban J connectivity index is 2.55. The van der Waals surface area contributed by atoms with E-state index < -0.39 is 5.97 Å². The van der Waals surface area contributed by atoms with E-state index in [-0.39, 0.29) is 12.2 Å². The van der Waals surface area contributed by atoms with E-state index in [4.69, 9.17) is 4.74 Å². The maximum absolute atomic E-state index is 11.9. The number of nitriles is 1. The number of rotatable bonds is 3. The van der Waals surface area contributed by atoms with Crippen LogP contribution in [0.25, 0.3) is 6.08 Å². The molecule has 1 aliphatic heterocycles. The molecule has 1 heterocycles. The number of aryl methyl sites for hydroxylation is 1. The maximum atomic E-state index is 11.9. The highest BCUT2D eigenvalue weighted by atomic mass is 16.5. The van der Waals surface area contributed by atoms with Crippen LogP contribution in [0.1, 0.15) is 25.0 Å². The van der Waals surface area contributed by atoms with Crippen LogP contribution in [0.4, 0.5) is 5.69 Å². The minimum atomic E-state index is -0.575. The largest absolute Gasteiger partial charge is 0.462 e. The number of benzene rings is 1. The molecule has 4 nitrogen and oxygen atoms in total. The molecule has 2 rings (SSSR count). The smallest absolute Gasteiger partial charge is 0.351 e. The zero-order valence-corrected chi connectivity index (χ0v) is 12.5. The van der Waals surface area contributed by atoms with Gasteiger partial charge in [-0.25, -0.2) is 4.79 Å². The lowest BCUT2D eigenvalue weighted by Gasteiger charge is -2.30. The van der Waals surface area contributed by atoms with Crippen molar-refractivity contribution in [1.82, 2.24) is 0 Å².